The van der Waals surface area contributed by atoms with E-state index in [1.807, 2.05) is 6.92 Å². The quantitative estimate of drug-likeness (QED) is 0.846. The molecule has 0 bridgehead atoms. The molecule has 0 saturated heterocycles. The highest BCUT2D eigenvalue weighted by Gasteiger charge is 2.35. The molecule has 1 aliphatic rings. The standard InChI is InChI=1S/C15H31NO2S/c1-6-16-14(15(3,4)5)11-19(17,18)13-9-7-8-12(2)10-13/h12-14,16H,6-11H2,1-5H3. The molecule has 1 saturated carbocycles. The first-order valence-electron chi connectivity index (χ1n) is 7.61. The number of sulfone groups is 1. The Kier molecular flexibility index (Phi) is 5.87. The number of hydrogen-bond acceptors (Lipinski definition) is 3. The van der Waals surface area contributed by atoms with Crippen molar-refractivity contribution in [1.29, 1.82) is 0 Å². The molecule has 19 heavy (non-hydrogen) atoms. The van der Waals surface area contributed by atoms with Crippen molar-refractivity contribution in [2.75, 3.05) is 12.3 Å². The van der Waals surface area contributed by atoms with Crippen LogP contribution < -0.4 is 5.32 Å². The van der Waals surface area contributed by atoms with Gasteiger partial charge in [-0.1, -0.05) is 47.5 Å². The third-order valence-corrected chi connectivity index (χ3v) is 6.53. The number of hydrogen-bond donors (Lipinski definition) is 1. The summed E-state index contributed by atoms with van der Waals surface area (Å²) in [6.45, 7) is 11.4. The van der Waals surface area contributed by atoms with Crippen LogP contribution >= 0.6 is 0 Å². The lowest BCUT2D eigenvalue weighted by atomic mass is 9.88. The summed E-state index contributed by atoms with van der Waals surface area (Å²) in [7, 11) is -2.98. The average molecular weight is 289 g/mol. The first-order valence-corrected chi connectivity index (χ1v) is 9.33. The van der Waals surface area contributed by atoms with Crippen LogP contribution in [0.5, 0.6) is 0 Å². The van der Waals surface area contributed by atoms with Crippen molar-refractivity contribution in [3.05, 3.63) is 0 Å². The summed E-state index contributed by atoms with van der Waals surface area (Å²) in [4.78, 5) is 0. The first kappa shape index (κ1) is 17.0. The first-order chi connectivity index (χ1) is 8.66. The largest absolute Gasteiger partial charge is 0.313 e. The summed E-state index contributed by atoms with van der Waals surface area (Å²) in [5, 5.41) is 3.24. The average Bonchev–Trinajstić information content (AvgIpc) is 2.27. The zero-order valence-corrected chi connectivity index (χ0v) is 14.0. The van der Waals surface area contributed by atoms with Gasteiger partial charge < -0.3 is 5.32 Å². The molecule has 3 atom stereocenters. The molecule has 0 amide bonds. The zero-order valence-electron chi connectivity index (χ0n) is 13.2. The predicted molar refractivity (Wildman–Crippen MR) is 82.1 cm³/mol. The number of nitrogens with one attached hydrogen (secondary N) is 1. The highest BCUT2D eigenvalue weighted by atomic mass is 32.2. The van der Waals surface area contributed by atoms with E-state index in [9.17, 15) is 8.42 Å². The molecule has 1 aliphatic carbocycles. The van der Waals surface area contributed by atoms with Gasteiger partial charge in [-0.25, -0.2) is 8.42 Å². The van der Waals surface area contributed by atoms with Gasteiger partial charge in [0.05, 0.1) is 11.0 Å². The van der Waals surface area contributed by atoms with Gasteiger partial charge in [0.15, 0.2) is 9.84 Å². The van der Waals surface area contributed by atoms with Crippen LogP contribution in [0.15, 0.2) is 0 Å². The summed E-state index contributed by atoms with van der Waals surface area (Å²) in [5.74, 6) is 0.836. The normalized spacial score (nSPS) is 27.2. The summed E-state index contributed by atoms with van der Waals surface area (Å²) in [5.41, 5.74) is -0.0244. The van der Waals surface area contributed by atoms with Crippen LogP contribution in [0, 0.1) is 11.3 Å². The van der Waals surface area contributed by atoms with Gasteiger partial charge in [0, 0.05) is 6.04 Å². The molecule has 114 valence electrons. The van der Waals surface area contributed by atoms with Crippen LogP contribution in [0.2, 0.25) is 0 Å². The van der Waals surface area contributed by atoms with Gasteiger partial charge in [0.25, 0.3) is 0 Å². The van der Waals surface area contributed by atoms with Gasteiger partial charge in [0.2, 0.25) is 0 Å². The van der Waals surface area contributed by atoms with Crippen LogP contribution in [0.1, 0.15) is 60.3 Å². The minimum atomic E-state index is -2.98. The Bertz CT molecular complexity index is 370. The molecule has 1 rings (SSSR count). The van der Waals surface area contributed by atoms with Gasteiger partial charge in [0.1, 0.15) is 0 Å². The van der Waals surface area contributed by atoms with E-state index in [0.29, 0.717) is 5.92 Å². The summed E-state index contributed by atoms with van der Waals surface area (Å²) < 4.78 is 25.2. The molecule has 0 aromatic heterocycles. The third kappa shape index (κ3) is 5.07. The Balaban J connectivity index is 2.76. The fourth-order valence-electron chi connectivity index (χ4n) is 2.93. The van der Waals surface area contributed by atoms with Crippen LogP contribution in [-0.2, 0) is 9.84 Å². The van der Waals surface area contributed by atoms with Gasteiger partial charge >= 0.3 is 0 Å². The van der Waals surface area contributed by atoms with Crippen LogP contribution in [0.25, 0.3) is 0 Å². The predicted octanol–water partition coefficient (Wildman–Crippen LogP) is 3.00. The molecule has 3 nitrogen and oxygen atoms in total. The smallest absolute Gasteiger partial charge is 0.154 e. The fraction of sp³-hybridized carbons (Fsp3) is 1.00. The highest BCUT2D eigenvalue weighted by Crippen LogP contribution is 2.30. The Hall–Kier alpha value is -0.0900. The highest BCUT2D eigenvalue weighted by molar-refractivity contribution is 7.92. The van der Waals surface area contributed by atoms with Crippen LogP contribution in [0.3, 0.4) is 0 Å². The second-order valence-corrected chi connectivity index (χ2v) is 9.53. The van der Waals surface area contributed by atoms with Gasteiger partial charge in [-0.05, 0) is 30.7 Å². The van der Waals surface area contributed by atoms with Crippen molar-refractivity contribution >= 4 is 9.84 Å². The number of rotatable bonds is 5. The lowest BCUT2D eigenvalue weighted by Gasteiger charge is -2.34. The molecule has 0 spiro atoms. The van der Waals surface area contributed by atoms with E-state index in [2.05, 4.69) is 33.0 Å². The minimum absolute atomic E-state index is 0.0244. The maximum Gasteiger partial charge on any atom is 0.154 e. The monoisotopic (exact) mass is 289 g/mol. The molecule has 3 unspecified atom stereocenters. The van der Waals surface area contributed by atoms with E-state index in [-0.39, 0.29) is 22.5 Å². The Morgan fingerprint density at radius 3 is 2.37 bits per heavy atom. The fourth-order valence-corrected chi connectivity index (χ4v) is 5.44. The molecular weight excluding hydrogens is 258 g/mol. The maximum absolute atomic E-state index is 12.6. The lowest BCUT2D eigenvalue weighted by Crippen LogP contribution is -2.47. The SMILES string of the molecule is CCNC(CS(=O)(=O)C1CCCC(C)C1)C(C)(C)C. The topological polar surface area (TPSA) is 46.2 Å². The van der Waals surface area contributed by atoms with Gasteiger partial charge in [-0.2, -0.15) is 0 Å². The van der Waals surface area contributed by atoms with Crippen molar-refractivity contribution in [2.24, 2.45) is 11.3 Å². The van der Waals surface area contributed by atoms with E-state index in [1.54, 1.807) is 0 Å². The minimum Gasteiger partial charge on any atom is -0.313 e. The van der Waals surface area contributed by atoms with E-state index in [0.717, 1.165) is 25.8 Å². The second-order valence-electron chi connectivity index (χ2n) is 7.20. The molecule has 0 aromatic carbocycles. The van der Waals surface area contributed by atoms with Crippen molar-refractivity contribution in [3.63, 3.8) is 0 Å². The zero-order chi connectivity index (χ0) is 14.7. The molecule has 4 heteroatoms. The van der Waals surface area contributed by atoms with Crippen molar-refractivity contribution < 1.29 is 8.42 Å². The lowest BCUT2D eigenvalue weighted by molar-refractivity contribution is 0.290. The summed E-state index contributed by atoms with van der Waals surface area (Å²) >= 11 is 0. The van der Waals surface area contributed by atoms with Crippen molar-refractivity contribution in [3.8, 4) is 0 Å². The van der Waals surface area contributed by atoms with E-state index < -0.39 is 9.84 Å². The molecular formula is C15H31NO2S. The van der Waals surface area contributed by atoms with Crippen LogP contribution in [0.4, 0.5) is 0 Å². The maximum atomic E-state index is 12.6. The molecule has 0 aliphatic heterocycles. The Morgan fingerprint density at radius 1 is 1.26 bits per heavy atom. The third-order valence-electron chi connectivity index (χ3n) is 4.29. The summed E-state index contributed by atoms with van der Waals surface area (Å²) in [6.07, 6.45) is 3.95. The van der Waals surface area contributed by atoms with E-state index >= 15 is 0 Å². The van der Waals surface area contributed by atoms with Gasteiger partial charge in [-0.3, -0.25) is 0 Å². The molecule has 0 heterocycles. The molecule has 0 radical (unpaired) electrons. The van der Waals surface area contributed by atoms with Gasteiger partial charge in [-0.15, -0.1) is 0 Å². The summed E-state index contributed by atoms with van der Waals surface area (Å²) in [6, 6.07) is 0.0414. The van der Waals surface area contributed by atoms with E-state index in [4.69, 9.17) is 0 Å². The molecule has 1 fully saturated rings. The second kappa shape index (κ2) is 6.57. The van der Waals surface area contributed by atoms with Crippen molar-refractivity contribution in [2.45, 2.75) is 71.6 Å². The molecule has 0 aromatic rings. The van der Waals surface area contributed by atoms with Crippen molar-refractivity contribution in [1.82, 2.24) is 5.32 Å². The van der Waals surface area contributed by atoms with E-state index in [1.165, 1.54) is 6.42 Å². The van der Waals surface area contributed by atoms with Crippen LogP contribution in [-0.4, -0.2) is 32.0 Å². The Morgan fingerprint density at radius 2 is 1.89 bits per heavy atom. The molecule has 1 N–H and O–H groups in total. The Labute approximate surface area is 119 Å².